The van der Waals surface area contributed by atoms with Gasteiger partial charge in [0.25, 0.3) is 5.91 Å². The number of piperazine rings is 1. The average Bonchev–Trinajstić information content (AvgIpc) is 3.37. The Morgan fingerprint density at radius 1 is 1.10 bits per heavy atom. The first kappa shape index (κ1) is 19.2. The van der Waals surface area contributed by atoms with Gasteiger partial charge in [0.05, 0.1) is 10.7 Å². The number of fused-ring (bicyclic) bond motifs is 2. The van der Waals surface area contributed by atoms with Crippen LogP contribution in [0.5, 0.6) is 11.5 Å². The second-order valence-electron chi connectivity index (χ2n) is 7.59. The predicted octanol–water partition coefficient (Wildman–Crippen LogP) is 3.24. The number of amides is 1. The van der Waals surface area contributed by atoms with E-state index in [9.17, 15) is 4.79 Å². The molecule has 0 atom stereocenters. The Hall–Kier alpha value is -2.77. The van der Waals surface area contributed by atoms with Gasteiger partial charge in [-0.05, 0) is 36.2 Å². The Kier molecular flexibility index (Phi) is 5.00. The molecule has 8 heteroatoms. The molecule has 3 aromatic rings. The lowest BCUT2D eigenvalue weighted by Gasteiger charge is -2.34. The van der Waals surface area contributed by atoms with E-state index in [1.54, 1.807) is 12.3 Å². The van der Waals surface area contributed by atoms with Crippen molar-refractivity contribution in [1.29, 1.82) is 0 Å². The molecule has 0 radical (unpaired) electrons. The van der Waals surface area contributed by atoms with Gasteiger partial charge in [-0.3, -0.25) is 14.1 Å². The summed E-state index contributed by atoms with van der Waals surface area (Å²) in [5, 5.41) is 0.588. The van der Waals surface area contributed by atoms with Gasteiger partial charge in [-0.1, -0.05) is 24.6 Å². The molecule has 1 aromatic carbocycles. The monoisotopic (exact) mass is 426 g/mol. The Bertz CT molecular complexity index is 1110. The summed E-state index contributed by atoms with van der Waals surface area (Å²) in [7, 11) is 0. The number of rotatable bonds is 4. The van der Waals surface area contributed by atoms with Crippen molar-refractivity contribution in [2.24, 2.45) is 0 Å². The van der Waals surface area contributed by atoms with E-state index in [0.717, 1.165) is 42.5 Å². The molecule has 4 heterocycles. The van der Waals surface area contributed by atoms with E-state index in [1.165, 1.54) is 5.56 Å². The molecular formula is C22H23ClN4O3. The number of aromatic nitrogens is 2. The fourth-order valence-corrected chi connectivity index (χ4v) is 4.26. The predicted molar refractivity (Wildman–Crippen MR) is 113 cm³/mol. The Labute approximate surface area is 179 Å². The van der Waals surface area contributed by atoms with E-state index < -0.39 is 0 Å². The smallest absolute Gasteiger partial charge is 0.272 e. The number of pyridine rings is 1. The number of benzene rings is 1. The second-order valence-corrected chi connectivity index (χ2v) is 8.03. The minimum atomic E-state index is 0.0179. The van der Waals surface area contributed by atoms with Crippen LogP contribution in [-0.4, -0.2) is 58.1 Å². The molecule has 1 amide bonds. The molecule has 0 N–H and O–H groups in total. The molecular weight excluding hydrogens is 404 g/mol. The molecule has 156 valence electrons. The minimum Gasteiger partial charge on any atom is -0.454 e. The van der Waals surface area contributed by atoms with E-state index >= 15 is 0 Å². The van der Waals surface area contributed by atoms with Gasteiger partial charge in [0.1, 0.15) is 11.3 Å². The second kappa shape index (κ2) is 7.81. The summed E-state index contributed by atoms with van der Waals surface area (Å²) >= 11 is 6.17. The molecule has 0 spiro atoms. The van der Waals surface area contributed by atoms with Crippen molar-refractivity contribution in [2.45, 2.75) is 19.9 Å². The van der Waals surface area contributed by atoms with Crippen LogP contribution in [0.2, 0.25) is 5.02 Å². The first-order valence-corrected chi connectivity index (χ1v) is 10.6. The van der Waals surface area contributed by atoms with Gasteiger partial charge < -0.3 is 14.4 Å². The van der Waals surface area contributed by atoms with Gasteiger partial charge in [-0.2, -0.15) is 0 Å². The average molecular weight is 427 g/mol. The molecule has 2 aromatic heterocycles. The summed E-state index contributed by atoms with van der Waals surface area (Å²) < 4.78 is 12.7. The third-order valence-corrected chi connectivity index (χ3v) is 5.92. The number of hydrogen-bond donors (Lipinski definition) is 0. The van der Waals surface area contributed by atoms with Gasteiger partial charge in [0.2, 0.25) is 6.79 Å². The van der Waals surface area contributed by atoms with Crippen LogP contribution in [-0.2, 0) is 13.0 Å². The Morgan fingerprint density at radius 2 is 1.90 bits per heavy atom. The molecule has 2 aliphatic heterocycles. The van der Waals surface area contributed by atoms with Crippen molar-refractivity contribution >= 4 is 23.2 Å². The summed E-state index contributed by atoms with van der Waals surface area (Å²) in [6.45, 7) is 6.13. The number of hydrogen-bond acceptors (Lipinski definition) is 5. The van der Waals surface area contributed by atoms with Crippen LogP contribution in [0.3, 0.4) is 0 Å². The van der Waals surface area contributed by atoms with Crippen LogP contribution < -0.4 is 9.47 Å². The SMILES string of the molecule is CCc1nc2ccc(Cl)cn2c1C(=O)N1CCN(Cc2ccc3c(c2)OCO3)CC1. The maximum Gasteiger partial charge on any atom is 0.272 e. The molecule has 0 saturated carbocycles. The summed E-state index contributed by atoms with van der Waals surface area (Å²) in [4.78, 5) is 22.2. The topological polar surface area (TPSA) is 59.3 Å². The first-order chi connectivity index (χ1) is 14.6. The number of carbonyl (C=O) groups excluding carboxylic acids is 1. The fourth-order valence-electron chi connectivity index (χ4n) is 4.10. The number of nitrogens with zero attached hydrogens (tertiary/aromatic N) is 4. The quantitative estimate of drug-likeness (QED) is 0.641. The molecule has 0 unspecified atom stereocenters. The summed E-state index contributed by atoms with van der Waals surface area (Å²) in [6.07, 6.45) is 2.47. The molecule has 0 bridgehead atoms. The summed E-state index contributed by atoms with van der Waals surface area (Å²) in [5.41, 5.74) is 3.37. The zero-order valence-electron chi connectivity index (χ0n) is 16.8. The van der Waals surface area contributed by atoms with E-state index in [1.807, 2.05) is 34.4 Å². The number of imidazole rings is 1. The summed E-state index contributed by atoms with van der Waals surface area (Å²) in [5.74, 6) is 1.62. The molecule has 1 saturated heterocycles. The third-order valence-electron chi connectivity index (χ3n) is 5.69. The zero-order valence-corrected chi connectivity index (χ0v) is 17.6. The minimum absolute atomic E-state index is 0.0179. The molecule has 1 fully saturated rings. The van der Waals surface area contributed by atoms with Gasteiger partial charge in [0.15, 0.2) is 11.5 Å². The normalized spacial score (nSPS) is 16.4. The maximum absolute atomic E-state index is 13.3. The van der Waals surface area contributed by atoms with Crippen LogP contribution in [0.15, 0.2) is 36.5 Å². The van der Waals surface area contributed by atoms with Crippen molar-refractivity contribution < 1.29 is 14.3 Å². The zero-order chi connectivity index (χ0) is 20.7. The van der Waals surface area contributed by atoms with E-state index in [4.69, 9.17) is 21.1 Å². The van der Waals surface area contributed by atoms with E-state index in [-0.39, 0.29) is 12.7 Å². The highest BCUT2D eigenvalue weighted by Crippen LogP contribution is 2.33. The van der Waals surface area contributed by atoms with Crippen LogP contribution in [0, 0.1) is 0 Å². The lowest BCUT2D eigenvalue weighted by atomic mass is 10.1. The lowest BCUT2D eigenvalue weighted by molar-refractivity contribution is 0.0620. The van der Waals surface area contributed by atoms with Crippen molar-refractivity contribution in [1.82, 2.24) is 19.2 Å². The largest absolute Gasteiger partial charge is 0.454 e. The van der Waals surface area contributed by atoms with Gasteiger partial charge in [-0.25, -0.2) is 4.98 Å². The molecule has 0 aliphatic carbocycles. The highest BCUT2D eigenvalue weighted by molar-refractivity contribution is 6.30. The fraction of sp³-hybridized carbons (Fsp3) is 0.364. The van der Waals surface area contributed by atoms with Crippen molar-refractivity contribution in [3.8, 4) is 11.5 Å². The highest BCUT2D eigenvalue weighted by Gasteiger charge is 2.27. The van der Waals surface area contributed by atoms with Crippen LogP contribution in [0.1, 0.15) is 28.7 Å². The van der Waals surface area contributed by atoms with Crippen molar-refractivity contribution in [2.75, 3.05) is 33.0 Å². The number of ether oxygens (including phenoxy) is 2. The highest BCUT2D eigenvalue weighted by atomic mass is 35.5. The number of halogens is 1. The summed E-state index contributed by atoms with van der Waals surface area (Å²) in [6, 6.07) is 9.71. The lowest BCUT2D eigenvalue weighted by Crippen LogP contribution is -2.48. The van der Waals surface area contributed by atoms with E-state index in [2.05, 4.69) is 16.0 Å². The van der Waals surface area contributed by atoms with E-state index in [0.29, 0.717) is 30.2 Å². The van der Waals surface area contributed by atoms with Crippen molar-refractivity contribution in [3.63, 3.8) is 0 Å². The molecule has 5 rings (SSSR count). The number of aryl methyl sites for hydroxylation is 1. The van der Waals surface area contributed by atoms with Gasteiger partial charge in [-0.15, -0.1) is 0 Å². The molecule has 7 nitrogen and oxygen atoms in total. The third kappa shape index (κ3) is 3.48. The first-order valence-electron chi connectivity index (χ1n) is 10.2. The number of carbonyl (C=O) groups is 1. The Balaban J connectivity index is 1.28. The van der Waals surface area contributed by atoms with Gasteiger partial charge in [0, 0.05) is 38.9 Å². The molecule has 30 heavy (non-hydrogen) atoms. The van der Waals surface area contributed by atoms with Crippen LogP contribution >= 0.6 is 11.6 Å². The van der Waals surface area contributed by atoms with Gasteiger partial charge >= 0.3 is 0 Å². The van der Waals surface area contributed by atoms with Crippen LogP contribution in [0.25, 0.3) is 5.65 Å². The standard InChI is InChI=1S/C22H23ClN4O3/c1-2-17-21(27-13-16(23)4-6-20(27)24-17)22(28)26-9-7-25(8-10-26)12-15-3-5-18-19(11-15)30-14-29-18/h3-6,11,13H,2,7-10,12,14H2,1H3. The maximum atomic E-state index is 13.3. The van der Waals surface area contributed by atoms with Crippen LogP contribution in [0.4, 0.5) is 0 Å². The molecule has 2 aliphatic rings. The Morgan fingerprint density at radius 3 is 2.70 bits per heavy atom. The van der Waals surface area contributed by atoms with Crippen molar-refractivity contribution in [3.05, 3.63) is 58.5 Å².